The first kappa shape index (κ1) is 8.97. The third kappa shape index (κ3) is 2.43. The smallest absolute Gasteiger partial charge is 0.0586 e. The first-order valence-electron chi connectivity index (χ1n) is 4.38. The molecule has 1 aliphatic rings. The molecule has 0 aromatic heterocycles. The molecule has 0 unspecified atom stereocenters. The highest BCUT2D eigenvalue weighted by atomic mass is 16.3. The topological polar surface area (TPSA) is 35.5 Å². The Labute approximate surface area is 68.4 Å². The fourth-order valence-electron chi connectivity index (χ4n) is 1.65. The third-order valence-corrected chi connectivity index (χ3v) is 2.36. The normalized spacial score (nSPS) is 26.2. The van der Waals surface area contributed by atoms with Crippen LogP contribution in [0.5, 0.6) is 0 Å². The van der Waals surface area contributed by atoms with Gasteiger partial charge in [-0.2, -0.15) is 0 Å². The lowest BCUT2D eigenvalue weighted by molar-refractivity contribution is 0.160. The Morgan fingerprint density at radius 3 is 3.09 bits per heavy atom. The minimum absolute atomic E-state index is 0.323. The summed E-state index contributed by atoms with van der Waals surface area (Å²) in [5.74, 6) is 0. The molecule has 0 bridgehead atoms. The van der Waals surface area contributed by atoms with Gasteiger partial charge in [-0.25, -0.2) is 0 Å². The van der Waals surface area contributed by atoms with Gasteiger partial charge in [-0.1, -0.05) is 0 Å². The average Bonchev–Trinajstić information content (AvgIpc) is 2.47. The molecule has 1 rings (SSSR count). The summed E-state index contributed by atoms with van der Waals surface area (Å²) in [6.45, 7) is 3.58. The molecule has 11 heavy (non-hydrogen) atoms. The van der Waals surface area contributed by atoms with E-state index in [1.807, 2.05) is 7.05 Å². The van der Waals surface area contributed by atoms with Gasteiger partial charge in [-0.3, -0.25) is 4.90 Å². The Kier molecular flexibility index (Phi) is 3.83. The number of aliphatic hydroxyl groups is 1. The third-order valence-electron chi connectivity index (χ3n) is 2.36. The second-order valence-electron chi connectivity index (χ2n) is 3.12. The lowest BCUT2D eigenvalue weighted by Crippen LogP contribution is -2.36. The zero-order valence-corrected chi connectivity index (χ0v) is 7.21. The molecule has 1 saturated heterocycles. The number of aliphatic hydroxyl groups excluding tert-OH is 1. The maximum atomic E-state index is 8.97. The molecule has 3 heteroatoms. The van der Waals surface area contributed by atoms with E-state index in [4.69, 9.17) is 5.11 Å². The van der Waals surface area contributed by atoms with Gasteiger partial charge in [0.15, 0.2) is 0 Å². The highest BCUT2D eigenvalue weighted by Gasteiger charge is 2.22. The second kappa shape index (κ2) is 4.70. The Hall–Kier alpha value is -0.120. The van der Waals surface area contributed by atoms with E-state index in [0.29, 0.717) is 12.6 Å². The predicted molar refractivity (Wildman–Crippen MR) is 45.6 cm³/mol. The molecular weight excluding hydrogens is 140 g/mol. The van der Waals surface area contributed by atoms with Crippen LogP contribution >= 0.6 is 0 Å². The lowest BCUT2D eigenvalue weighted by Gasteiger charge is -2.21. The van der Waals surface area contributed by atoms with Crippen molar-refractivity contribution in [1.29, 1.82) is 0 Å². The highest BCUT2D eigenvalue weighted by Crippen LogP contribution is 2.15. The molecule has 1 fully saturated rings. The summed E-state index contributed by atoms with van der Waals surface area (Å²) in [4.78, 5) is 2.36. The summed E-state index contributed by atoms with van der Waals surface area (Å²) < 4.78 is 0. The van der Waals surface area contributed by atoms with Crippen molar-refractivity contribution in [3.8, 4) is 0 Å². The van der Waals surface area contributed by atoms with Crippen molar-refractivity contribution in [3.63, 3.8) is 0 Å². The van der Waals surface area contributed by atoms with Gasteiger partial charge in [0, 0.05) is 19.1 Å². The molecule has 2 N–H and O–H groups in total. The zero-order chi connectivity index (χ0) is 8.10. The van der Waals surface area contributed by atoms with Crippen LogP contribution in [-0.2, 0) is 0 Å². The van der Waals surface area contributed by atoms with E-state index in [1.54, 1.807) is 0 Å². The maximum absolute atomic E-state index is 8.97. The van der Waals surface area contributed by atoms with Gasteiger partial charge < -0.3 is 10.4 Å². The SMILES string of the molecule is CNCCN1CCC[C@H]1CO. The number of likely N-dealkylation sites (N-methyl/N-ethyl adjacent to an activating group) is 1. The van der Waals surface area contributed by atoms with Gasteiger partial charge in [0.05, 0.1) is 6.61 Å². The largest absolute Gasteiger partial charge is 0.395 e. The summed E-state index contributed by atoms with van der Waals surface area (Å²) >= 11 is 0. The van der Waals surface area contributed by atoms with Crippen molar-refractivity contribution in [2.45, 2.75) is 18.9 Å². The Balaban J connectivity index is 2.20. The summed E-state index contributed by atoms with van der Waals surface area (Å²) in [5, 5.41) is 12.1. The molecule has 0 spiro atoms. The van der Waals surface area contributed by atoms with E-state index in [1.165, 1.54) is 12.8 Å². The van der Waals surface area contributed by atoms with Crippen LogP contribution in [0.25, 0.3) is 0 Å². The molecule has 0 aliphatic carbocycles. The van der Waals surface area contributed by atoms with Crippen LogP contribution in [0.1, 0.15) is 12.8 Å². The summed E-state index contributed by atoms with van der Waals surface area (Å²) in [6.07, 6.45) is 2.41. The number of likely N-dealkylation sites (tertiary alicyclic amines) is 1. The van der Waals surface area contributed by atoms with E-state index in [2.05, 4.69) is 10.2 Å². The quantitative estimate of drug-likeness (QED) is 0.587. The Morgan fingerprint density at radius 2 is 2.45 bits per heavy atom. The monoisotopic (exact) mass is 158 g/mol. The molecule has 0 saturated carbocycles. The summed E-state index contributed by atoms with van der Waals surface area (Å²) in [7, 11) is 1.96. The fourth-order valence-corrected chi connectivity index (χ4v) is 1.65. The molecule has 0 amide bonds. The molecule has 1 heterocycles. The number of rotatable bonds is 4. The second-order valence-corrected chi connectivity index (χ2v) is 3.12. The van der Waals surface area contributed by atoms with Crippen LogP contribution in [0, 0.1) is 0 Å². The average molecular weight is 158 g/mol. The Bertz CT molecular complexity index is 108. The van der Waals surface area contributed by atoms with Crippen molar-refractivity contribution in [2.24, 2.45) is 0 Å². The number of hydrogen-bond acceptors (Lipinski definition) is 3. The van der Waals surface area contributed by atoms with Crippen molar-refractivity contribution in [1.82, 2.24) is 10.2 Å². The lowest BCUT2D eigenvalue weighted by atomic mass is 10.2. The van der Waals surface area contributed by atoms with Gasteiger partial charge in [0.25, 0.3) is 0 Å². The van der Waals surface area contributed by atoms with Crippen molar-refractivity contribution >= 4 is 0 Å². The van der Waals surface area contributed by atoms with Crippen LogP contribution in [0.15, 0.2) is 0 Å². The molecule has 1 atom stereocenters. The van der Waals surface area contributed by atoms with E-state index in [9.17, 15) is 0 Å². The van der Waals surface area contributed by atoms with Crippen LogP contribution in [0.2, 0.25) is 0 Å². The maximum Gasteiger partial charge on any atom is 0.0586 e. The predicted octanol–water partition coefficient (Wildman–Crippen LogP) is -0.338. The van der Waals surface area contributed by atoms with Crippen molar-refractivity contribution in [2.75, 3.05) is 33.3 Å². The van der Waals surface area contributed by atoms with E-state index in [-0.39, 0.29) is 0 Å². The molecule has 0 aromatic carbocycles. The highest BCUT2D eigenvalue weighted by molar-refractivity contribution is 4.78. The first-order valence-corrected chi connectivity index (χ1v) is 4.38. The molecule has 0 aromatic rings. The minimum atomic E-state index is 0.323. The van der Waals surface area contributed by atoms with Gasteiger partial charge in [-0.15, -0.1) is 0 Å². The molecule has 0 radical (unpaired) electrons. The summed E-state index contributed by atoms with van der Waals surface area (Å²) in [6, 6.07) is 0.434. The molecular formula is C8H18N2O. The zero-order valence-electron chi connectivity index (χ0n) is 7.21. The van der Waals surface area contributed by atoms with Gasteiger partial charge >= 0.3 is 0 Å². The molecule has 1 aliphatic heterocycles. The van der Waals surface area contributed by atoms with E-state index >= 15 is 0 Å². The molecule has 66 valence electrons. The van der Waals surface area contributed by atoms with Crippen molar-refractivity contribution in [3.05, 3.63) is 0 Å². The van der Waals surface area contributed by atoms with Crippen LogP contribution < -0.4 is 5.32 Å². The minimum Gasteiger partial charge on any atom is -0.395 e. The summed E-state index contributed by atoms with van der Waals surface area (Å²) in [5.41, 5.74) is 0. The fraction of sp³-hybridized carbons (Fsp3) is 1.00. The van der Waals surface area contributed by atoms with Crippen LogP contribution in [0.4, 0.5) is 0 Å². The van der Waals surface area contributed by atoms with E-state index < -0.39 is 0 Å². The van der Waals surface area contributed by atoms with Crippen molar-refractivity contribution < 1.29 is 5.11 Å². The number of nitrogens with one attached hydrogen (secondary N) is 1. The van der Waals surface area contributed by atoms with Crippen LogP contribution in [0.3, 0.4) is 0 Å². The van der Waals surface area contributed by atoms with Crippen LogP contribution in [-0.4, -0.2) is 49.3 Å². The number of nitrogens with zero attached hydrogens (tertiary/aromatic N) is 1. The first-order chi connectivity index (χ1) is 5.38. The van der Waals surface area contributed by atoms with Gasteiger partial charge in [0.1, 0.15) is 0 Å². The molecule has 3 nitrogen and oxygen atoms in total. The Morgan fingerprint density at radius 1 is 1.64 bits per heavy atom. The number of hydrogen-bond donors (Lipinski definition) is 2. The van der Waals surface area contributed by atoms with Gasteiger partial charge in [0.2, 0.25) is 0 Å². The standard InChI is InChI=1S/C8H18N2O/c1-9-4-6-10-5-2-3-8(10)7-11/h8-9,11H,2-7H2,1H3/t8-/m0/s1. The van der Waals surface area contributed by atoms with E-state index in [0.717, 1.165) is 19.6 Å². The van der Waals surface area contributed by atoms with Gasteiger partial charge in [-0.05, 0) is 26.4 Å².